The van der Waals surface area contributed by atoms with E-state index in [1.54, 1.807) is 28.7 Å². The number of aryl methyl sites for hydroxylation is 3. The summed E-state index contributed by atoms with van der Waals surface area (Å²) in [6.45, 7) is 4.69. The zero-order valence-corrected chi connectivity index (χ0v) is 10.3. The van der Waals surface area contributed by atoms with E-state index in [1.807, 2.05) is 19.9 Å². The fourth-order valence-corrected chi connectivity index (χ4v) is 1.73. The molecule has 2 rings (SSSR count). The second-order valence-electron chi connectivity index (χ2n) is 3.89. The molecule has 0 amide bonds. The molecule has 5 heteroatoms. The van der Waals surface area contributed by atoms with Crippen LogP contribution in [0.15, 0.2) is 18.3 Å². The van der Waals surface area contributed by atoms with Crippen LogP contribution in [0.1, 0.15) is 35.7 Å². The quantitative estimate of drug-likeness (QED) is 0.749. The van der Waals surface area contributed by atoms with Crippen LogP contribution in [0.2, 0.25) is 0 Å². The normalized spacial score (nSPS) is 10.8. The molecule has 2 aromatic heterocycles. The minimum Gasteiger partial charge on any atom is -0.285 e. The summed E-state index contributed by atoms with van der Waals surface area (Å²) in [7, 11) is 1.80. The molecule has 2 heterocycles. The van der Waals surface area contributed by atoms with Crippen molar-refractivity contribution < 1.29 is 4.79 Å². The summed E-state index contributed by atoms with van der Waals surface area (Å²) in [6, 6.07) is 3.57. The predicted molar refractivity (Wildman–Crippen MR) is 63.9 cm³/mol. The van der Waals surface area contributed by atoms with Gasteiger partial charge in [0.1, 0.15) is 11.4 Å². The van der Waals surface area contributed by atoms with Crippen LogP contribution in [0.25, 0.3) is 0 Å². The Hall–Kier alpha value is -1.91. The lowest BCUT2D eigenvalue weighted by Crippen LogP contribution is -2.11. The summed E-state index contributed by atoms with van der Waals surface area (Å²) >= 11 is 0. The Morgan fingerprint density at radius 1 is 1.35 bits per heavy atom. The fourth-order valence-electron chi connectivity index (χ4n) is 1.73. The minimum absolute atomic E-state index is 0.0698. The van der Waals surface area contributed by atoms with Gasteiger partial charge in [0, 0.05) is 19.8 Å². The van der Waals surface area contributed by atoms with E-state index < -0.39 is 0 Å². The third-order valence-corrected chi connectivity index (χ3v) is 2.67. The Balaban J connectivity index is 2.39. The maximum Gasteiger partial charge on any atom is 0.231 e. The average Bonchev–Trinajstić information content (AvgIpc) is 2.93. The highest BCUT2D eigenvalue weighted by molar-refractivity contribution is 6.06. The van der Waals surface area contributed by atoms with E-state index in [0.717, 1.165) is 12.1 Å². The number of carbonyl (C=O) groups excluding carboxylic acids is 1. The van der Waals surface area contributed by atoms with Gasteiger partial charge in [0.05, 0.1) is 5.69 Å². The van der Waals surface area contributed by atoms with Crippen LogP contribution in [0, 0.1) is 0 Å². The van der Waals surface area contributed by atoms with Crippen molar-refractivity contribution in [3.63, 3.8) is 0 Å². The summed E-state index contributed by atoms with van der Waals surface area (Å²) in [5, 5.41) is 8.49. The highest BCUT2D eigenvalue weighted by Crippen LogP contribution is 2.10. The molecule has 0 aliphatic rings. The van der Waals surface area contributed by atoms with E-state index in [4.69, 9.17) is 0 Å². The zero-order chi connectivity index (χ0) is 12.4. The molecule has 0 radical (unpaired) electrons. The number of carbonyl (C=O) groups is 1. The van der Waals surface area contributed by atoms with Crippen LogP contribution in [-0.4, -0.2) is 25.3 Å². The van der Waals surface area contributed by atoms with Crippen molar-refractivity contribution in [3.8, 4) is 0 Å². The van der Waals surface area contributed by atoms with Crippen molar-refractivity contribution in [3.05, 3.63) is 35.4 Å². The van der Waals surface area contributed by atoms with Gasteiger partial charge in [-0.05, 0) is 25.5 Å². The lowest BCUT2D eigenvalue weighted by molar-refractivity contribution is 0.102. The van der Waals surface area contributed by atoms with E-state index in [9.17, 15) is 4.79 Å². The maximum atomic E-state index is 12.2. The Bertz CT molecular complexity index is 538. The molecule has 17 heavy (non-hydrogen) atoms. The van der Waals surface area contributed by atoms with Gasteiger partial charge in [0.2, 0.25) is 5.78 Å². The number of aromatic nitrogens is 4. The van der Waals surface area contributed by atoms with Crippen LogP contribution >= 0.6 is 0 Å². The molecular weight excluding hydrogens is 216 g/mol. The second-order valence-corrected chi connectivity index (χ2v) is 3.89. The summed E-state index contributed by atoms with van der Waals surface area (Å²) in [6.07, 6.45) is 2.59. The van der Waals surface area contributed by atoms with Gasteiger partial charge in [-0.25, -0.2) is 0 Å². The predicted octanol–water partition coefficient (Wildman–Crippen LogP) is 1.43. The van der Waals surface area contributed by atoms with Crippen LogP contribution < -0.4 is 0 Å². The first kappa shape index (κ1) is 11.6. The smallest absolute Gasteiger partial charge is 0.231 e. The molecule has 0 aromatic carbocycles. The first-order valence-electron chi connectivity index (χ1n) is 5.76. The lowest BCUT2D eigenvalue weighted by atomic mass is 10.2. The van der Waals surface area contributed by atoms with Gasteiger partial charge < -0.3 is 0 Å². The molecule has 0 spiro atoms. The van der Waals surface area contributed by atoms with E-state index in [-0.39, 0.29) is 5.78 Å². The van der Waals surface area contributed by atoms with E-state index in [0.29, 0.717) is 17.9 Å². The van der Waals surface area contributed by atoms with Gasteiger partial charge in [-0.3, -0.25) is 14.2 Å². The Labute approximate surface area is 100 Å². The van der Waals surface area contributed by atoms with Gasteiger partial charge in [0.15, 0.2) is 0 Å². The SMILES string of the molecule is CCc1cc(C(=O)c2ccn(C)n2)n(CC)n1. The summed E-state index contributed by atoms with van der Waals surface area (Å²) in [4.78, 5) is 12.2. The molecule has 0 atom stereocenters. The number of hydrogen-bond donors (Lipinski definition) is 0. The van der Waals surface area contributed by atoms with Gasteiger partial charge >= 0.3 is 0 Å². The standard InChI is InChI=1S/C12H16N4O/c1-4-9-8-11(16(5-2)13-9)12(17)10-6-7-15(3)14-10/h6-8H,4-5H2,1-3H3. The molecule has 0 saturated carbocycles. The van der Waals surface area contributed by atoms with Crippen LogP contribution in [-0.2, 0) is 20.0 Å². The monoisotopic (exact) mass is 232 g/mol. The zero-order valence-electron chi connectivity index (χ0n) is 10.3. The molecule has 0 fully saturated rings. The molecule has 90 valence electrons. The van der Waals surface area contributed by atoms with Crippen molar-refractivity contribution >= 4 is 5.78 Å². The topological polar surface area (TPSA) is 52.7 Å². The first-order valence-corrected chi connectivity index (χ1v) is 5.76. The maximum absolute atomic E-state index is 12.2. The number of hydrogen-bond acceptors (Lipinski definition) is 3. The van der Waals surface area contributed by atoms with Crippen LogP contribution in [0.5, 0.6) is 0 Å². The summed E-state index contributed by atoms with van der Waals surface area (Å²) in [5.74, 6) is -0.0698. The van der Waals surface area contributed by atoms with Crippen molar-refractivity contribution in [2.75, 3.05) is 0 Å². The van der Waals surface area contributed by atoms with Crippen LogP contribution in [0.4, 0.5) is 0 Å². The van der Waals surface area contributed by atoms with Gasteiger partial charge in [-0.1, -0.05) is 6.92 Å². The van der Waals surface area contributed by atoms with Crippen molar-refractivity contribution in [1.29, 1.82) is 0 Å². The third kappa shape index (κ3) is 2.13. The molecule has 0 saturated heterocycles. The third-order valence-electron chi connectivity index (χ3n) is 2.67. The summed E-state index contributed by atoms with van der Waals surface area (Å²) < 4.78 is 3.36. The minimum atomic E-state index is -0.0698. The molecule has 0 aliphatic carbocycles. The Kier molecular flexibility index (Phi) is 3.08. The molecule has 0 bridgehead atoms. The molecule has 0 unspecified atom stereocenters. The lowest BCUT2D eigenvalue weighted by Gasteiger charge is -2.00. The Morgan fingerprint density at radius 3 is 2.65 bits per heavy atom. The van der Waals surface area contributed by atoms with E-state index >= 15 is 0 Å². The number of nitrogens with zero attached hydrogens (tertiary/aromatic N) is 4. The Morgan fingerprint density at radius 2 is 2.12 bits per heavy atom. The van der Waals surface area contributed by atoms with Crippen molar-refractivity contribution in [2.24, 2.45) is 7.05 Å². The van der Waals surface area contributed by atoms with E-state index in [2.05, 4.69) is 10.2 Å². The molecule has 0 N–H and O–H groups in total. The van der Waals surface area contributed by atoms with Crippen molar-refractivity contribution in [1.82, 2.24) is 19.6 Å². The molecule has 2 aromatic rings. The molecule has 0 aliphatic heterocycles. The first-order chi connectivity index (χ1) is 8.15. The van der Waals surface area contributed by atoms with E-state index in [1.165, 1.54) is 0 Å². The summed E-state index contributed by atoms with van der Waals surface area (Å²) in [5.41, 5.74) is 2.01. The van der Waals surface area contributed by atoms with Crippen molar-refractivity contribution in [2.45, 2.75) is 26.8 Å². The van der Waals surface area contributed by atoms with Gasteiger partial charge in [0.25, 0.3) is 0 Å². The molecule has 5 nitrogen and oxygen atoms in total. The van der Waals surface area contributed by atoms with Crippen LogP contribution in [0.3, 0.4) is 0 Å². The van der Waals surface area contributed by atoms with Gasteiger partial charge in [-0.2, -0.15) is 10.2 Å². The fraction of sp³-hybridized carbons (Fsp3) is 0.417. The number of rotatable bonds is 4. The highest BCUT2D eigenvalue weighted by atomic mass is 16.1. The molecular formula is C12H16N4O. The highest BCUT2D eigenvalue weighted by Gasteiger charge is 2.17. The van der Waals surface area contributed by atoms with Gasteiger partial charge in [-0.15, -0.1) is 0 Å². The average molecular weight is 232 g/mol. The number of ketones is 1. The second kappa shape index (κ2) is 4.53. The largest absolute Gasteiger partial charge is 0.285 e.